The Morgan fingerprint density at radius 1 is 1.05 bits per heavy atom. The Labute approximate surface area is 353 Å². The maximum atomic E-state index is 14.8. The molecule has 2 saturated carbocycles. The number of hydrogen-bond donors (Lipinski definition) is 3. The summed E-state index contributed by atoms with van der Waals surface area (Å²) in [7, 11) is -2.29. The normalized spacial score (nSPS) is 24.9. The highest BCUT2D eigenvalue weighted by Gasteiger charge is 2.62. The molecule has 60 heavy (non-hydrogen) atoms. The first-order valence-corrected chi connectivity index (χ1v) is 23.2. The Kier molecular flexibility index (Phi) is 11.6. The molecule has 13 nitrogen and oxygen atoms in total. The topological polar surface area (TPSA) is 169 Å². The van der Waals surface area contributed by atoms with Crippen LogP contribution >= 0.6 is 11.3 Å². The van der Waals surface area contributed by atoms with E-state index in [0.29, 0.717) is 54.1 Å². The third-order valence-corrected chi connectivity index (χ3v) is 14.8. The summed E-state index contributed by atoms with van der Waals surface area (Å²) >= 11 is 1.49. The van der Waals surface area contributed by atoms with E-state index in [9.17, 15) is 27.2 Å². The summed E-state index contributed by atoms with van der Waals surface area (Å²) in [6.45, 7) is 6.14. The zero-order valence-electron chi connectivity index (χ0n) is 34.2. The first-order valence-electron chi connectivity index (χ1n) is 20.7. The largest absolute Gasteiger partial charge is 0.496 e. The third-order valence-electron chi connectivity index (χ3n) is 12.1. The van der Waals surface area contributed by atoms with Crippen LogP contribution in [0.25, 0.3) is 21.5 Å². The maximum absolute atomic E-state index is 14.8. The van der Waals surface area contributed by atoms with Crippen molar-refractivity contribution in [1.29, 1.82) is 0 Å². The van der Waals surface area contributed by atoms with E-state index in [1.165, 1.54) is 28.4 Å². The first kappa shape index (κ1) is 41.6. The fourth-order valence-corrected chi connectivity index (χ4v) is 10.6. The van der Waals surface area contributed by atoms with Gasteiger partial charge in [0.2, 0.25) is 27.7 Å². The lowest BCUT2D eigenvalue weighted by atomic mass is 10.0. The van der Waals surface area contributed by atoms with E-state index in [1.54, 1.807) is 19.2 Å². The second-order valence-electron chi connectivity index (χ2n) is 16.7. The van der Waals surface area contributed by atoms with Crippen molar-refractivity contribution in [1.82, 2.24) is 24.9 Å². The van der Waals surface area contributed by atoms with Crippen LogP contribution in [0.4, 0.5) is 10.1 Å². The molecule has 0 spiro atoms. The number of pyridine rings is 1. The van der Waals surface area contributed by atoms with Crippen molar-refractivity contribution in [3.05, 3.63) is 77.1 Å². The third kappa shape index (κ3) is 8.58. The van der Waals surface area contributed by atoms with E-state index < -0.39 is 62.5 Å². The molecular weight excluding hydrogens is 808 g/mol. The van der Waals surface area contributed by atoms with Crippen molar-refractivity contribution < 1.29 is 36.7 Å². The lowest BCUT2D eigenvalue weighted by Crippen LogP contribution is -2.57. The highest BCUT2D eigenvalue weighted by molar-refractivity contribution is 7.91. The van der Waals surface area contributed by atoms with Gasteiger partial charge in [0, 0.05) is 28.8 Å². The van der Waals surface area contributed by atoms with Crippen molar-refractivity contribution in [3.8, 4) is 22.3 Å². The quantitative estimate of drug-likeness (QED) is 0.145. The summed E-state index contributed by atoms with van der Waals surface area (Å²) in [5.41, 5.74) is 1.49. The number of aromatic nitrogens is 2. The second-order valence-corrected chi connectivity index (χ2v) is 19.6. The van der Waals surface area contributed by atoms with E-state index >= 15 is 0 Å². The second kappa shape index (κ2) is 16.8. The number of fused-ring (bicyclic) bond motifs is 3. The number of thiazole rings is 1. The fraction of sp³-hybridized carbons (Fsp3) is 0.477. The van der Waals surface area contributed by atoms with E-state index in [-0.39, 0.29) is 31.2 Å². The maximum Gasteiger partial charge on any atom is 0.259 e. The van der Waals surface area contributed by atoms with Crippen LogP contribution in [0.2, 0.25) is 0 Å². The summed E-state index contributed by atoms with van der Waals surface area (Å²) < 4.78 is 54.5. The van der Waals surface area contributed by atoms with Crippen molar-refractivity contribution >= 4 is 55.5 Å². The number of halogens is 1. The molecule has 0 radical (unpaired) electrons. The summed E-state index contributed by atoms with van der Waals surface area (Å²) in [6.07, 6.45) is 7.92. The van der Waals surface area contributed by atoms with E-state index in [4.69, 9.17) is 19.4 Å². The van der Waals surface area contributed by atoms with Crippen LogP contribution in [0, 0.1) is 18.7 Å². The number of anilines is 1. The molecule has 3 amide bonds. The van der Waals surface area contributed by atoms with Crippen LogP contribution in [0.3, 0.4) is 0 Å². The minimum absolute atomic E-state index is 0.0222. The number of amides is 3. The number of ether oxygens (including phenoxy) is 2. The molecule has 0 bridgehead atoms. The van der Waals surface area contributed by atoms with Crippen LogP contribution in [0.5, 0.6) is 11.6 Å². The van der Waals surface area contributed by atoms with Gasteiger partial charge in [0.25, 0.3) is 5.91 Å². The molecule has 4 aliphatic rings. The molecule has 1 saturated heterocycles. The number of methoxy groups -OCH3 is 1. The number of allylic oxidation sites excluding steroid dienone is 1. The van der Waals surface area contributed by atoms with E-state index in [1.807, 2.05) is 42.7 Å². The van der Waals surface area contributed by atoms with Gasteiger partial charge in [0.1, 0.15) is 46.0 Å². The van der Waals surface area contributed by atoms with Crippen molar-refractivity contribution in [2.24, 2.45) is 5.92 Å². The fourth-order valence-electron chi connectivity index (χ4n) is 8.26. The Morgan fingerprint density at radius 3 is 2.55 bits per heavy atom. The molecule has 2 aromatic carbocycles. The Balaban J connectivity index is 1.15. The van der Waals surface area contributed by atoms with Gasteiger partial charge in [0.05, 0.1) is 24.6 Å². The van der Waals surface area contributed by atoms with Crippen LogP contribution < -0.4 is 24.8 Å². The lowest BCUT2D eigenvalue weighted by Gasteiger charge is -2.30. The van der Waals surface area contributed by atoms with Crippen molar-refractivity contribution in [3.63, 3.8) is 0 Å². The minimum atomic E-state index is -3.90. The van der Waals surface area contributed by atoms with Crippen LogP contribution in [0.1, 0.15) is 88.8 Å². The van der Waals surface area contributed by atoms with Crippen molar-refractivity contribution in [2.45, 2.75) is 113 Å². The predicted octanol–water partition coefficient (Wildman–Crippen LogP) is 6.77. The molecule has 4 aromatic rings. The number of carbonyl (C=O) groups is 3. The van der Waals surface area contributed by atoms with Crippen LogP contribution in [-0.4, -0.2) is 83.6 Å². The molecule has 3 fully saturated rings. The average Bonchev–Trinajstić information content (AvgIpc) is 4.10. The summed E-state index contributed by atoms with van der Waals surface area (Å²) in [4.78, 5) is 54.7. The number of sulfonamides is 1. The lowest BCUT2D eigenvalue weighted by molar-refractivity contribution is -0.140. The highest BCUT2D eigenvalue weighted by atomic mass is 32.2. The number of rotatable bonds is 10. The van der Waals surface area contributed by atoms with Gasteiger partial charge in [-0.2, -0.15) is 0 Å². The van der Waals surface area contributed by atoms with E-state index in [0.717, 1.165) is 40.9 Å². The molecule has 0 unspecified atom stereocenters. The van der Waals surface area contributed by atoms with Gasteiger partial charge in [-0.3, -0.25) is 19.1 Å². The number of nitrogens with one attached hydrogen (secondary N) is 3. The average molecular weight is 859 g/mol. The van der Waals surface area contributed by atoms with Gasteiger partial charge >= 0.3 is 0 Å². The minimum Gasteiger partial charge on any atom is -0.496 e. The molecule has 3 N–H and O–H groups in total. The molecular formula is C44H51FN6O7S2. The van der Waals surface area contributed by atoms with Gasteiger partial charge in [-0.15, -0.1) is 11.3 Å². The van der Waals surface area contributed by atoms with Crippen LogP contribution in [-0.2, 0) is 24.4 Å². The Morgan fingerprint density at radius 2 is 1.83 bits per heavy atom. The van der Waals surface area contributed by atoms with Gasteiger partial charge in [-0.1, -0.05) is 38.8 Å². The van der Waals surface area contributed by atoms with Gasteiger partial charge < -0.3 is 25.0 Å². The monoisotopic (exact) mass is 858 g/mol. The zero-order valence-corrected chi connectivity index (χ0v) is 35.8. The Hall–Kier alpha value is -5.09. The van der Waals surface area contributed by atoms with Gasteiger partial charge in [0.15, 0.2) is 0 Å². The molecule has 2 aliphatic heterocycles. The van der Waals surface area contributed by atoms with E-state index in [2.05, 4.69) is 29.2 Å². The standard InChI is InChI=1S/C44H51FN6O7S2/c1-25(2)36-24-59-41(48-36)35-21-33-26(3)38(57-4)19-18-32(33)40(47-35)58-30-20-37-39(52)49-44(43(54)50-60(55,56)31-16-17-31)22-27(44)10-8-6-5-7-9-11-34(42(53)51(37)23-30)46-29-14-12-28(45)13-15-29/h8,10,12-15,18-19,21,24-25,27,30-31,34,37,46H,5-7,9,11,16-17,20,22-23H2,1-4H3,(H,49,52)(H,50,54)/t27-,30-,34+,37+,44-/m1/s1. The van der Waals surface area contributed by atoms with Crippen molar-refractivity contribution in [2.75, 3.05) is 19.0 Å². The number of nitrogens with zero attached hydrogens (tertiary/aromatic N) is 3. The number of carbonyl (C=O) groups excluding carboxylic acids is 3. The molecule has 8 rings (SSSR count). The predicted molar refractivity (Wildman–Crippen MR) is 228 cm³/mol. The van der Waals surface area contributed by atoms with Gasteiger partial charge in [-0.25, -0.2) is 22.8 Å². The number of aryl methyl sites for hydroxylation is 1. The molecule has 2 aliphatic carbocycles. The summed E-state index contributed by atoms with van der Waals surface area (Å²) in [5.74, 6) is -1.32. The summed E-state index contributed by atoms with van der Waals surface area (Å²) in [6, 6.07) is 9.63. The number of hydrogen-bond acceptors (Lipinski definition) is 11. The highest BCUT2D eigenvalue weighted by Crippen LogP contribution is 2.46. The van der Waals surface area contributed by atoms with Crippen LogP contribution in [0.15, 0.2) is 60.0 Å². The molecule has 2 aromatic heterocycles. The SMILES string of the molecule is COc1ccc2c(O[C@@H]3C[C@H]4C(=O)N[C@]5(C(=O)NS(=O)(=O)C6CC6)C[C@H]5C=CCCCCC[C@H](Nc5ccc(F)cc5)C(=O)N4C3)nc(-c3nc(C(C)C)cs3)cc2c1C. The zero-order chi connectivity index (χ0) is 42.3. The molecule has 318 valence electrons. The number of benzene rings is 2. The molecule has 16 heteroatoms. The Bertz CT molecular complexity index is 2440. The first-order chi connectivity index (χ1) is 28.8. The van der Waals surface area contributed by atoms with Gasteiger partial charge in [-0.05, 0) is 105 Å². The molecule has 5 atom stereocenters. The smallest absolute Gasteiger partial charge is 0.259 e. The molecule has 4 heterocycles. The summed E-state index contributed by atoms with van der Waals surface area (Å²) in [5, 5.41) is 9.91.